The summed E-state index contributed by atoms with van der Waals surface area (Å²) in [5.74, 6) is 2.26. The van der Waals surface area contributed by atoms with Gasteiger partial charge in [0.25, 0.3) is 5.91 Å². The molecule has 7 heteroatoms. The van der Waals surface area contributed by atoms with Crippen molar-refractivity contribution < 1.29 is 24.1 Å². The average Bonchev–Trinajstić information content (AvgIpc) is 3.72. The second-order valence-corrected chi connectivity index (χ2v) is 10.5. The number of amides is 1. The Bertz CT molecular complexity index is 1520. The number of methoxy groups -OCH3 is 2. The van der Waals surface area contributed by atoms with Gasteiger partial charge in [-0.3, -0.25) is 4.79 Å². The van der Waals surface area contributed by atoms with E-state index in [0.717, 1.165) is 51.6 Å². The predicted molar refractivity (Wildman–Crippen MR) is 151 cm³/mol. The number of aliphatic hydroxyl groups excluding tert-OH is 1. The first-order chi connectivity index (χ1) is 19.1. The number of fused-ring (bicyclic) bond motifs is 4. The number of benzene rings is 3. The van der Waals surface area contributed by atoms with Crippen molar-refractivity contribution in [1.82, 2.24) is 10.3 Å². The van der Waals surface area contributed by atoms with Crippen LogP contribution in [0.3, 0.4) is 0 Å². The highest BCUT2D eigenvalue weighted by atomic mass is 16.5. The van der Waals surface area contributed by atoms with E-state index >= 15 is 0 Å². The number of hydrogen-bond donors (Lipinski definition) is 3. The van der Waals surface area contributed by atoms with Gasteiger partial charge in [0.1, 0.15) is 5.75 Å². The van der Waals surface area contributed by atoms with Gasteiger partial charge in [0.05, 0.1) is 39.0 Å². The molecule has 0 saturated heterocycles. The second-order valence-electron chi connectivity index (χ2n) is 10.5. The monoisotopic (exact) mass is 526 g/mol. The lowest BCUT2D eigenvalue weighted by Gasteiger charge is -2.25. The lowest BCUT2D eigenvalue weighted by Crippen LogP contribution is -2.39. The zero-order valence-corrected chi connectivity index (χ0v) is 22.4. The van der Waals surface area contributed by atoms with Crippen molar-refractivity contribution in [1.29, 1.82) is 0 Å². The van der Waals surface area contributed by atoms with Crippen molar-refractivity contribution in [3.8, 4) is 28.4 Å². The molecule has 39 heavy (non-hydrogen) atoms. The topological polar surface area (TPSA) is 92.8 Å². The highest BCUT2D eigenvalue weighted by Gasteiger charge is 2.27. The van der Waals surface area contributed by atoms with Crippen molar-refractivity contribution in [2.75, 3.05) is 27.4 Å². The summed E-state index contributed by atoms with van der Waals surface area (Å²) in [6, 6.07) is 15.6. The van der Waals surface area contributed by atoms with E-state index in [4.69, 9.17) is 14.2 Å². The van der Waals surface area contributed by atoms with Crippen LogP contribution in [-0.4, -0.2) is 49.5 Å². The number of para-hydroxylation sites is 1. The molecule has 1 aromatic heterocycles. The molecule has 1 heterocycles. The molecule has 202 valence electrons. The molecule has 3 N–H and O–H groups in total. The van der Waals surface area contributed by atoms with Gasteiger partial charge >= 0.3 is 0 Å². The third-order valence-corrected chi connectivity index (χ3v) is 7.88. The van der Waals surface area contributed by atoms with Crippen LogP contribution in [-0.2, 0) is 19.3 Å². The number of aryl methyl sites for hydroxylation is 2. The summed E-state index contributed by atoms with van der Waals surface area (Å²) in [6.45, 7) is 0.438. The molecule has 0 spiro atoms. The molecule has 1 amide bonds. The zero-order valence-electron chi connectivity index (χ0n) is 22.4. The van der Waals surface area contributed by atoms with Gasteiger partial charge in [0.2, 0.25) is 0 Å². The van der Waals surface area contributed by atoms with Crippen LogP contribution in [0, 0.1) is 5.92 Å². The summed E-state index contributed by atoms with van der Waals surface area (Å²) in [4.78, 5) is 17.0. The number of aromatic nitrogens is 1. The highest BCUT2D eigenvalue weighted by Crippen LogP contribution is 2.43. The van der Waals surface area contributed by atoms with Crippen LogP contribution >= 0.6 is 0 Å². The van der Waals surface area contributed by atoms with Gasteiger partial charge in [-0.25, -0.2) is 0 Å². The molecule has 6 rings (SSSR count). The van der Waals surface area contributed by atoms with E-state index in [1.165, 1.54) is 12.8 Å². The molecule has 7 nitrogen and oxygen atoms in total. The van der Waals surface area contributed by atoms with Crippen molar-refractivity contribution in [2.45, 2.75) is 38.1 Å². The van der Waals surface area contributed by atoms with E-state index < -0.39 is 6.04 Å². The Kier molecular flexibility index (Phi) is 6.92. The Labute approximate surface area is 228 Å². The molecule has 0 unspecified atom stereocenters. The van der Waals surface area contributed by atoms with E-state index in [-0.39, 0.29) is 12.5 Å². The molecular formula is C32H34N2O5. The fraction of sp³-hybridized carbons (Fsp3) is 0.344. The standard InChI is InChI=1S/C32H34N2O5/c1-37-30-13-21-10-9-20-12-29(39-18-19-7-8-19)27(14-25(20)26(21)15-31(30)38-2)32(36)34-23(17-35)11-22-16-33-28-6-4-3-5-24(22)28/h3-6,12-16,19,23,33,35H,7-11,17-18H2,1-2H3,(H,34,36)/t23-/m1/s1. The Hall–Kier alpha value is -3.97. The Morgan fingerprint density at radius 2 is 1.69 bits per heavy atom. The van der Waals surface area contributed by atoms with E-state index in [1.54, 1.807) is 14.2 Å². The van der Waals surface area contributed by atoms with Gasteiger partial charge in [-0.2, -0.15) is 0 Å². The van der Waals surface area contributed by atoms with Crippen molar-refractivity contribution in [3.05, 3.63) is 77.0 Å². The predicted octanol–water partition coefficient (Wildman–Crippen LogP) is 5.07. The van der Waals surface area contributed by atoms with Crippen LogP contribution in [0.4, 0.5) is 0 Å². The van der Waals surface area contributed by atoms with Crippen LogP contribution in [0.25, 0.3) is 22.0 Å². The fourth-order valence-electron chi connectivity index (χ4n) is 5.51. The summed E-state index contributed by atoms with van der Waals surface area (Å²) in [7, 11) is 3.27. The van der Waals surface area contributed by atoms with E-state index in [9.17, 15) is 9.90 Å². The van der Waals surface area contributed by atoms with Gasteiger partial charge in [0.15, 0.2) is 11.5 Å². The summed E-state index contributed by atoms with van der Waals surface area (Å²) in [5, 5.41) is 14.4. The second kappa shape index (κ2) is 10.7. The van der Waals surface area contributed by atoms with E-state index in [1.807, 2.05) is 54.7 Å². The largest absolute Gasteiger partial charge is 0.493 e. The fourth-order valence-corrected chi connectivity index (χ4v) is 5.51. The average molecular weight is 527 g/mol. The van der Waals surface area contributed by atoms with E-state index in [0.29, 0.717) is 41.8 Å². The molecule has 2 aliphatic carbocycles. The van der Waals surface area contributed by atoms with Crippen LogP contribution < -0.4 is 19.5 Å². The number of ether oxygens (including phenoxy) is 3. The van der Waals surface area contributed by atoms with Gasteiger partial charge in [-0.15, -0.1) is 0 Å². The smallest absolute Gasteiger partial charge is 0.255 e. The summed E-state index contributed by atoms with van der Waals surface area (Å²) < 4.78 is 17.3. The number of hydrogen-bond acceptors (Lipinski definition) is 5. The highest BCUT2D eigenvalue weighted by molar-refractivity contribution is 5.99. The first-order valence-corrected chi connectivity index (χ1v) is 13.6. The van der Waals surface area contributed by atoms with Gasteiger partial charge in [-0.1, -0.05) is 18.2 Å². The van der Waals surface area contributed by atoms with E-state index in [2.05, 4.69) is 10.3 Å². The van der Waals surface area contributed by atoms with Gasteiger partial charge < -0.3 is 29.6 Å². The van der Waals surface area contributed by atoms with Crippen molar-refractivity contribution in [2.24, 2.45) is 5.92 Å². The molecule has 2 aliphatic rings. The number of carbonyl (C=O) groups excluding carboxylic acids is 1. The molecule has 3 aromatic carbocycles. The number of nitrogens with one attached hydrogen (secondary N) is 2. The maximum absolute atomic E-state index is 13.8. The number of aromatic amines is 1. The number of carbonyl (C=O) groups is 1. The first kappa shape index (κ1) is 25.3. The number of H-pyrrole nitrogens is 1. The SMILES string of the molecule is COc1cc2c(cc1OC)-c1cc(C(=O)N[C@@H](CO)Cc3c[nH]c4ccccc34)c(OCC3CC3)cc1CC2. The molecular weight excluding hydrogens is 492 g/mol. The molecule has 1 saturated carbocycles. The quantitative estimate of drug-likeness (QED) is 0.268. The van der Waals surface area contributed by atoms with Crippen molar-refractivity contribution in [3.63, 3.8) is 0 Å². The lowest BCUT2D eigenvalue weighted by atomic mass is 9.84. The van der Waals surface area contributed by atoms with Gasteiger partial charge in [0, 0.05) is 17.1 Å². The minimum absolute atomic E-state index is 0.172. The lowest BCUT2D eigenvalue weighted by molar-refractivity contribution is 0.0912. The van der Waals surface area contributed by atoms with Crippen molar-refractivity contribution >= 4 is 16.8 Å². The summed E-state index contributed by atoms with van der Waals surface area (Å²) in [6.07, 6.45) is 6.50. The summed E-state index contributed by atoms with van der Waals surface area (Å²) in [5.41, 5.74) is 6.91. The molecule has 0 bridgehead atoms. The van der Waals surface area contributed by atoms with Crippen LogP contribution in [0.1, 0.15) is 39.9 Å². The number of rotatable bonds is 10. The minimum Gasteiger partial charge on any atom is -0.493 e. The first-order valence-electron chi connectivity index (χ1n) is 13.6. The van der Waals surface area contributed by atoms with Crippen LogP contribution in [0.5, 0.6) is 17.2 Å². The van der Waals surface area contributed by atoms with Gasteiger partial charge in [-0.05, 0) is 96.2 Å². The minimum atomic E-state index is -0.444. The summed E-state index contributed by atoms with van der Waals surface area (Å²) >= 11 is 0. The number of aliphatic hydroxyl groups is 1. The normalized spacial score (nSPS) is 14.8. The maximum atomic E-state index is 13.8. The zero-order chi connectivity index (χ0) is 26.9. The Morgan fingerprint density at radius 1 is 1.00 bits per heavy atom. The molecule has 0 radical (unpaired) electrons. The molecule has 1 fully saturated rings. The van der Waals surface area contributed by atoms with Crippen LogP contribution in [0.15, 0.2) is 54.7 Å². The third-order valence-electron chi connectivity index (χ3n) is 7.88. The Morgan fingerprint density at radius 3 is 2.41 bits per heavy atom. The molecule has 0 aliphatic heterocycles. The third kappa shape index (κ3) is 5.06. The molecule has 1 atom stereocenters. The Balaban J connectivity index is 1.33. The maximum Gasteiger partial charge on any atom is 0.255 e. The van der Waals surface area contributed by atoms with Crippen LogP contribution in [0.2, 0.25) is 0 Å². The molecule has 4 aromatic rings.